The summed E-state index contributed by atoms with van der Waals surface area (Å²) in [6, 6.07) is 6.55. The number of hydrogen-bond acceptors (Lipinski definition) is 4. The van der Waals surface area contributed by atoms with Crippen molar-refractivity contribution in [3.63, 3.8) is 0 Å². The Kier molecular flexibility index (Phi) is 3.80. The molecule has 1 aliphatic rings. The summed E-state index contributed by atoms with van der Waals surface area (Å²) in [6.07, 6.45) is 0. The quantitative estimate of drug-likeness (QED) is 0.647. The van der Waals surface area contributed by atoms with E-state index in [2.05, 4.69) is 4.90 Å². The van der Waals surface area contributed by atoms with E-state index in [1.165, 1.54) is 6.07 Å². The van der Waals surface area contributed by atoms with E-state index in [0.717, 1.165) is 18.7 Å². The molecule has 0 bridgehead atoms. The van der Waals surface area contributed by atoms with E-state index in [1.54, 1.807) is 19.1 Å². The molecule has 0 radical (unpaired) electrons. The zero-order valence-corrected chi connectivity index (χ0v) is 10.7. The number of aliphatic carboxylic acids is 1. The van der Waals surface area contributed by atoms with Gasteiger partial charge < -0.3 is 5.11 Å². The largest absolute Gasteiger partial charge is 0.481 e. The Morgan fingerprint density at radius 2 is 2.26 bits per heavy atom. The van der Waals surface area contributed by atoms with E-state index in [-0.39, 0.29) is 17.5 Å². The van der Waals surface area contributed by atoms with Gasteiger partial charge in [-0.1, -0.05) is 19.1 Å². The molecule has 1 aromatic carbocycles. The second-order valence-electron chi connectivity index (χ2n) is 5.01. The van der Waals surface area contributed by atoms with Crippen LogP contribution in [0.25, 0.3) is 0 Å². The lowest BCUT2D eigenvalue weighted by Crippen LogP contribution is -2.50. The first-order valence-electron chi connectivity index (χ1n) is 6.16. The van der Waals surface area contributed by atoms with Crippen molar-refractivity contribution in [1.29, 1.82) is 0 Å². The maximum absolute atomic E-state index is 10.8. The predicted molar refractivity (Wildman–Crippen MR) is 68.7 cm³/mol. The van der Waals surface area contributed by atoms with Crippen LogP contribution in [-0.2, 0) is 11.3 Å². The first kappa shape index (κ1) is 13.5. The summed E-state index contributed by atoms with van der Waals surface area (Å²) in [5.74, 6) is -0.919. The molecule has 1 aromatic rings. The van der Waals surface area contributed by atoms with Gasteiger partial charge in [0.15, 0.2) is 0 Å². The molecule has 0 aliphatic carbocycles. The Labute approximate surface area is 110 Å². The molecule has 1 unspecified atom stereocenters. The van der Waals surface area contributed by atoms with E-state index in [9.17, 15) is 14.9 Å². The van der Waals surface area contributed by atoms with Gasteiger partial charge in [-0.25, -0.2) is 0 Å². The molecule has 0 saturated carbocycles. The van der Waals surface area contributed by atoms with E-state index in [0.29, 0.717) is 6.54 Å². The fraction of sp³-hybridized carbons (Fsp3) is 0.462. The zero-order chi connectivity index (χ0) is 14.0. The minimum atomic E-state index is -0.764. The van der Waals surface area contributed by atoms with Crippen molar-refractivity contribution in [3.8, 4) is 0 Å². The number of hydrogen-bond donors (Lipinski definition) is 1. The van der Waals surface area contributed by atoms with Crippen LogP contribution in [0.3, 0.4) is 0 Å². The highest BCUT2D eigenvalue weighted by atomic mass is 16.6. The average Bonchev–Trinajstić information content (AvgIpc) is 2.32. The summed E-state index contributed by atoms with van der Waals surface area (Å²) in [6.45, 7) is 3.81. The zero-order valence-electron chi connectivity index (χ0n) is 10.7. The smallest absolute Gasteiger partial charge is 0.306 e. The third kappa shape index (κ3) is 3.08. The Hall–Kier alpha value is -1.95. The van der Waals surface area contributed by atoms with Gasteiger partial charge >= 0.3 is 5.97 Å². The minimum absolute atomic E-state index is 0.0912. The number of carboxylic acids is 1. The van der Waals surface area contributed by atoms with Gasteiger partial charge in [-0.2, -0.15) is 0 Å². The molecule has 1 heterocycles. The van der Waals surface area contributed by atoms with Gasteiger partial charge in [-0.15, -0.1) is 0 Å². The molecule has 1 aliphatic heterocycles. The molecule has 1 fully saturated rings. The standard InChI is InChI=1S/C13H16N2O4/c1-9(13(16)17)11-7-14(8-11)6-10-3-2-4-12(5-10)15(18)19/h2-5,9,11H,6-8H2,1H3,(H,16,17). The molecule has 6 nitrogen and oxygen atoms in total. The topological polar surface area (TPSA) is 83.7 Å². The van der Waals surface area contributed by atoms with Crippen LogP contribution in [0.1, 0.15) is 12.5 Å². The van der Waals surface area contributed by atoms with Gasteiger partial charge in [0, 0.05) is 31.8 Å². The molecule has 0 amide bonds. The minimum Gasteiger partial charge on any atom is -0.481 e. The number of carboxylic acid groups (broad SMARTS) is 1. The van der Waals surface area contributed by atoms with E-state index in [4.69, 9.17) is 5.11 Å². The number of carbonyl (C=O) groups is 1. The van der Waals surface area contributed by atoms with Crippen LogP contribution >= 0.6 is 0 Å². The van der Waals surface area contributed by atoms with Crippen LogP contribution in [-0.4, -0.2) is 34.0 Å². The molecule has 1 atom stereocenters. The number of non-ortho nitro benzene ring substituents is 1. The van der Waals surface area contributed by atoms with Crippen LogP contribution in [0.4, 0.5) is 5.69 Å². The Bertz CT molecular complexity index is 497. The van der Waals surface area contributed by atoms with Gasteiger partial charge in [-0.05, 0) is 11.5 Å². The molecule has 1 saturated heterocycles. The maximum Gasteiger partial charge on any atom is 0.306 e. The van der Waals surface area contributed by atoms with Crippen LogP contribution in [0.15, 0.2) is 24.3 Å². The Balaban J connectivity index is 1.89. The highest BCUT2D eigenvalue weighted by molar-refractivity contribution is 5.70. The molecule has 102 valence electrons. The van der Waals surface area contributed by atoms with Crippen molar-refractivity contribution < 1.29 is 14.8 Å². The van der Waals surface area contributed by atoms with E-state index < -0.39 is 10.9 Å². The predicted octanol–water partition coefficient (Wildman–Crippen LogP) is 1.75. The Morgan fingerprint density at radius 3 is 2.84 bits per heavy atom. The number of benzene rings is 1. The highest BCUT2D eigenvalue weighted by Gasteiger charge is 2.34. The molecular weight excluding hydrogens is 248 g/mol. The summed E-state index contributed by atoms with van der Waals surface area (Å²) in [7, 11) is 0. The van der Waals surface area contributed by atoms with Gasteiger partial charge in [0.25, 0.3) is 5.69 Å². The van der Waals surface area contributed by atoms with E-state index in [1.807, 2.05) is 6.07 Å². The summed E-state index contributed by atoms with van der Waals surface area (Å²) in [4.78, 5) is 23.2. The highest BCUT2D eigenvalue weighted by Crippen LogP contribution is 2.26. The average molecular weight is 264 g/mol. The third-order valence-electron chi connectivity index (χ3n) is 3.61. The van der Waals surface area contributed by atoms with Crippen molar-refractivity contribution in [2.24, 2.45) is 11.8 Å². The third-order valence-corrected chi connectivity index (χ3v) is 3.61. The van der Waals surface area contributed by atoms with Crippen molar-refractivity contribution in [1.82, 2.24) is 4.90 Å². The number of nitro benzene ring substituents is 1. The number of nitro groups is 1. The normalized spacial score (nSPS) is 17.7. The number of rotatable bonds is 5. The van der Waals surface area contributed by atoms with Crippen LogP contribution < -0.4 is 0 Å². The van der Waals surface area contributed by atoms with Gasteiger partial charge in [-0.3, -0.25) is 19.8 Å². The van der Waals surface area contributed by atoms with Crippen LogP contribution in [0.5, 0.6) is 0 Å². The summed E-state index contributed by atoms with van der Waals surface area (Å²) in [5, 5.41) is 19.6. The molecular formula is C13H16N2O4. The van der Waals surface area contributed by atoms with Gasteiger partial charge in [0.2, 0.25) is 0 Å². The molecule has 19 heavy (non-hydrogen) atoms. The van der Waals surface area contributed by atoms with Gasteiger partial charge in [0.1, 0.15) is 0 Å². The summed E-state index contributed by atoms with van der Waals surface area (Å²) >= 11 is 0. The van der Waals surface area contributed by atoms with Crippen molar-refractivity contribution in [3.05, 3.63) is 39.9 Å². The first-order chi connectivity index (χ1) is 8.97. The molecule has 6 heteroatoms. The summed E-state index contributed by atoms with van der Waals surface area (Å²) < 4.78 is 0. The van der Waals surface area contributed by atoms with Crippen molar-refractivity contribution in [2.75, 3.05) is 13.1 Å². The van der Waals surface area contributed by atoms with Gasteiger partial charge in [0.05, 0.1) is 10.8 Å². The fourth-order valence-electron chi connectivity index (χ4n) is 2.28. The molecule has 0 aromatic heterocycles. The number of likely N-dealkylation sites (tertiary alicyclic amines) is 1. The van der Waals surface area contributed by atoms with Crippen molar-refractivity contribution >= 4 is 11.7 Å². The Morgan fingerprint density at radius 1 is 1.58 bits per heavy atom. The second-order valence-corrected chi connectivity index (χ2v) is 5.01. The second kappa shape index (κ2) is 5.36. The molecule has 0 spiro atoms. The van der Waals surface area contributed by atoms with Crippen LogP contribution in [0.2, 0.25) is 0 Å². The monoisotopic (exact) mass is 264 g/mol. The van der Waals surface area contributed by atoms with E-state index >= 15 is 0 Å². The maximum atomic E-state index is 10.8. The summed E-state index contributed by atoms with van der Waals surface area (Å²) in [5.41, 5.74) is 0.976. The lowest BCUT2D eigenvalue weighted by molar-refractivity contribution is -0.384. The molecule has 1 N–H and O–H groups in total. The molecule has 2 rings (SSSR count). The SMILES string of the molecule is CC(C(=O)O)C1CN(Cc2cccc([N+](=O)[O-])c2)C1. The van der Waals surface area contributed by atoms with Crippen molar-refractivity contribution in [2.45, 2.75) is 13.5 Å². The fourth-order valence-corrected chi connectivity index (χ4v) is 2.28. The lowest BCUT2D eigenvalue weighted by Gasteiger charge is -2.41. The van der Waals surface area contributed by atoms with Crippen LogP contribution in [0, 0.1) is 22.0 Å². The number of nitrogens with zero attached hydrogens (tertiary/aromatic N) is 2. The lowest BCUT2D eigenvalue weighted by atomic mass is 9.87. The first-order valence-corrected chi connectivity index (χ1v) is 6.16.